The molecule has 0 radical (unpaired) electrons. The van der Waals surface area contributed by atoms with Gasteiger partial charge in [-0.05, 0) is 31.4 Å². The Morgan fingerprint density at radius 2 is 2.19 bits per heavy atom. The molecule has 0 bridgehead atoms. The van der Waals surface area contributed by atoms with Gasteiger partial charge in [0.25, 0.3) is 0 Å². The second-order valence-corrected chi connectivity index (χ2v) is 5.54. The maximum atomic E-state index is 6.20. The summed E-state index contributed by atoms with van der Waals surface area (Å²) in [5.74, 6) is 2.73. The van der Waals surface area contributed by atoms with E-state index in [1.54, 1.807) is 13.3 Å². The average molecular weight is 305 g/mol. The van der Waals surface area contributed by atoms with E-state index in [2.05, 4.69) is 20.3 Å². The number of hydrogen-bond acceptors (Lipinski definition) is 5. The first-order chi connectivity index (χ1) is 10.2. The van der Waals surface area contributed by atoms with Crippen LogP contribution in [0.5, 0.6) is 5.88 Å². The summed E-state index contributed by atoms with van der Waals surface area (Å²) in [5, 5.41) is 3.85. The fourth-order valence-electron chi connectivity index (χ4n) is 2.06. The van der Waals surface area contributed by atoms with E-state index in [0.717, 1.165) is 35.6 Å². The molecule has 5 nitrogen and oxygen atoms in total. The number of rotatable bonds is 5. The van der Waals surface area contributed by atoms with Crippen molar-refractivity contribution in [1.29, 1.82) is 0 Å². The van der Waals surface area contributed by atoms with Gasteiger partial charge in [-0.2, -0.15) is 0 Å². The number of nitrogens with one attached hydrogen (secondary N) is 1. The lowest BCUT2D eigenvalue weighted by molar-refractivity contribution is 0.397. The van der Waals surface area contributed by atoms with Crippen LogP contribution in [0.25, 0.3) is 0 Å². The fourth-order valence-corrected chi connectivity index (χ4v) is 2.24. The van der Waals surface area contributed by atoms with Gasteiger partial charge in [-0.25, -0.2) is 15.0 Å². The van der Waals surface area contributed by atoms with Crippen LogP contribution < -0.4 is 10.1 Å². The zero-order chi connectivity index (χ0) is 14.8. The Bertz CT molecular complexity index is 658. The summed E-state index contributed by atoms with van der Waals surface area (Å²) in [6.45, 7) is 2.56. The molecule has 2 aromatic rings. The molecule has 2 heterocycles. The Morgan fingerprint density at radius 3 is 2.90 bits per heavy atom. The highest BCUT2D eigenvalue weighted by atomic mass is 35.5. The molecule has 1 N–H and O–H groups in total. The predicted molar refractivity (Wildman–Crippen MR) is 81.9 cm³/mol. The highest BCUT2D eigenvalue weighted by Gasteiger charge is 2.27. The Labute approximate surface area is 128 Å². The number of aromatic nitrogens is 3. The molecular formula is C15H17ClN4O. The summed E-state index contributed by atoms with van der Waals surface area (Å²) >= 11 is 6.20. The minimum atomic E-state index is 0.477. The average Bonchev–Trinajstić information content (AvgIpc) is 3.33. The molecule has 1 aliphatic rings. The molecule has 6 heteroatoms. The largest absolute Gasteiger partial charge is 0.481 e. The van der Waals surface area contributed by atoms with Crippen molar-refractivity contribution in [2.45, 2.75) is 32.2 Å². The van der Waals surface area contributed by atoms with Gasteiger partial charge in [0.05, 0.1) is 7.11 Å². The van der Waals surface area contributed by atoms with Crippen LogP contribution in [0.1, 0.15) is 35.7 Å². The molecule has 1 aliphatic carbocycles. The number of anilines is 1. The number of nitrogens with zero attached hydrogens (tertiary/aromatic N) is 3. The van der Waals surface area contributed by atoms with E-state index in [4.69, 9.17) is 16.3 Å². The van der Waals surface area contributed by atoms with E-state index in [1.165, 1.54) is 0 Å². The summed E-state index contributed by atoms with van der Waals surface area (Å²) in [6, 6.07) is 3.84. The molecule has 0 aromatic carbocycles. The molecule has 1 fully saturated rings. The van der Waals surface area contributed by atoms with Crippen LogP contribution in [0.3, 0.4) is 0 Å². The lowest BCUT2D eigenvalue weighted by Crippen LogP contribution is -2.07. The number of methoxy groups -OCH3 is 1. The van der Waals surface area contributed by atoms with Gasteiger partial charge in [0.2, 0.25) is 5.88 Å². The molecule has 0 amide bonds. The molecule has 2 aromatic heterocycles. The lowest BCUT2D eigenvalue weighted by Gasteiger charge is -2.11. The molecule has 0 spiro atoms. The SMILES string of the molecule is COc1cc(CNc2nc(C3CC3)nc(Cl)c2C)ccn1. The first-order valence-corrected chi connectivity index (χ1v) is 7.32. The van der Waals surface area contributed by atoms with E-state index in [1.807, 2.05) is 19.1 Å². The Hall–Kier alpha value is -1.88. The molecule has 0 unspecified atom stereocenters. The van der Waals surface area contributed by atoms with E-state index < -0.39 is 0 Å². The van der Waals surface area contributed by atoms with Crippen LogP contribution in [0, 0.1) is 6.92 Å². The Balaban J connectivity index is 1.77. The van der Waals surface area contributed by atoms with Crippen molar-refractivity contribution in [3.63, 3.8) is 0 Å². The minimum Gasteiger partial charge on any atom is -0.481 e. The van der Waals surface area contributed by atoms with E-state index in [-0.39, 0.29) is 0 Å². The van der Waals surface area contributed by atoms with E-state index >= 15 is 0 Å². The van der Waals surface area contributed by atoms with Crippen molar-refractivity contribution < 1.29 is 4.74 Å². The fraction of sp³-hybridized carbons (Fsp3) is 0.400. The molecule has 21 heavy (non-hydrogen) atoms. The van der Waals surface area contributed by atoms with Crippen molar-refractivity contribution in [2.24, 2.45) is 0 Å². The highest BCUT2D eigenvalue weighted by Crippen LogP contribution is 2.39. The summed E-state index contributed by atoms with van der Waals surface area (Å²) in [6.07, 6.45) is 4.03. The number of halogens is 1. The molecule has 0 aliphatic heterocycles. The number of hydrogen-bond donors (Lipinski definition) is 1. The second-order valence-electron chi connectivity index (χ2n) is 5.18. The van der Waals surface area contributed by atoms with Gasteiger partial charge in [-0.3, -0.25) is 0 Å². The molecular weight excluding hydrogens is 288 g/mol. The van der Waals surface area contributed by atoms with Crippen LogP contribution in [0.15, 0.2) is 18.3 Å². The standard InChI is InChI=1S/C15H17ClN4O/c1-9-13(16)19-15(11-3-4-11)20-14(9)18-8-10-5-6-17-12(7-10)21-2/h5-7,11H,3-4,8H2,1-2H3,(H,18,19,20). The molecule has 1 saturated carbocycles. The van der Waals surface area contributed by atoms with Gasteiger partial charge in [-0.15, -0.1) is 0 Å². The predicted octanol–water partition coefficient (Wildman–Crippen LogP) is 3.33. The second kappa shape index (κ2) is 5.85. The molecule has 0 saturated heterocycles. The zero-order valence-corrected chi connectivity index (χ0v) is 12.8. The quantitative estimate of drug-likeness (QED) is 0.859. The van der Waals surface area contributed by atoms with Gasteiger partial charge >= 0.3 is 0 Å². The Kier molecular flexibility index (Phi) is 3.92. The third kappa shape index (κ3) is 3.24. The summed E-state index contributed by atoms with van der Waals surface area (Å²) in [4.78, 5) is 13.1. The van der Waals surface area contributed by atoms with Gasteiger partial charge in [-0.1, -0.05) is 11.6 Å². The lowest BCUT2D eigenvalue weighted by atomic mass is 10.2. The van der Waals surface area contributed by atoms with Crippen LogP contribution in [0.2, 0.25) is 5.15 Å². The maximum absolute atomic E-state index is 6.20. The zero-order valence-electron chi connectivity index (χ0n) is 12.1. The first kappa shape index (κ1) is 14.1. The minimum absolute atomic E-state index is 0.477. The van der Waals surface area contributed by atoms with Crippen molar-refractivity contribution in [2.75, 3.05) is 12.4 Å². The van der Waals surface area contributed by atoms with Crippen molar-refractivity contribution in [1.82, 2.24) is 15.0 Å². The van der Waals surface area contributed by atoms with E-state index in [9.17, 15) is 0 Å². The van der Waals surface area contributed by atoms with Crippen LogP contribution >= 0.6 is 11.6 Å². The van der Waals surface area contributed by atoms with Crippen LogP contribution in [-0.2, 0) is 6.54 Å². The van der Waals surface area contributed by atoms with Crippen LogP contribution in [0.4, 0.5) is 5.82 Å². The van der Waals surface area contributed by atoms with Crippen LogP contribution in [-0.4, -0.2) is 22.1 Å². The van der Waals surface area contributed by atoms with Crippen molar-refractivity contribution >= 4 is 17.4 Å². The third-order valence-electron chi connectivity index (χ3n) is 3.51. The maximum Gasteiger partial charge on any atom is 0.213 e. The highest BCUT2D eigenvalue weighted by molar-refractivity contribution is 6.30. The summed E-state index contributed by atoms with van der Waals surface area (Å²) < 4.78 is 5.12. The summed E-state index contributed by atoms with van der Waals surface area (Å²) in [7, 11) is 1.61. The van der Waals surface area contributed by atoms with Crippen molar-refractivity contribution in [3.8, 4) is 5.88 Å². The van der Waals surface area contributed by atoms with Gasteiger partial charge in [0.1, 0.15) is 16.8 Å². The normalized spacial score (nSPS) is 14.0. The first-order valence-electron chi connectivity index (χ1n) is 6.94. The monoisotopic (exact) mass is 304 g/mol. The van der Waals surface area contributed by atoms with Crippen molar-refractivity contribution in [3.05, 3.63) is 40.4 Å². The molecule has 3 rings (SSSR count). The van der Waals surface area contributed by atoms with E-state index in [0.29, 0.717) is 23.5 Å². The van der Waals surface area contributed by atoms with Gasteiger partial charge < -0.3 is 10.1 Å². The summed E-state index contributed by atoms with van der Waals surface area (Å²) in [5.41, 5.74) is 1.95. The number of ether oxygens (including phenoxy) is 1. The number of pyridine rings is 1. The Morgan fingerprint density at radius 1 is 1.38 bits per heavy atom. The van der Waals surface area contributed by atoms with Gasteiger partial charge in [0.15, 0.2) is 0 Å². The topological polar surface area (TPSA) is 59.9 Å². The molecule has 110 valence electrons. The third-order valence-corrected chi connectivity index (χ3v) is 3.88. The van der Waals surface area contributed by atoms with Gasteiger partial charge in [0, 0.05) is 30.3 Å². The molecule has 0 atom stereocenters. The smallest absolute Gasteiger partial charge is 0.213 e.